The Bertz CT molecular complexity index is 714. The van der Waals surface area contributed by atoms with Crippen molar-refractivity contribution >= 4 is 29.3 Å². The molecule has 2 amide bonds. The highest BCUT2D eigenvalue weighted by Crippen LogP contribution is 2.24. The third-order valence-electron chi connectivity index (χ3n) is 3.35. The predicted octanol–water partition coefficient (Wildman–Crippen LogP) is 3.13. The van der Waals surface area contributed by atoms with Crippen LogP contribution in [0.25, 0.3) is 0 Å². The lowest BCUT2D eigenvalue weighted by Crippen LogP contribution is -2.16. The maximum absolute atomic E-state index is 12.5. The van der Waals surface area contributed by atoms with Gasteiger partial charge in [0.1, 0.15) is 0 Å². The number of hydrogen-bond donors (Lipinski definition) is 2. The van der Waals surface area contributed by atoms with Crippen molar-refractivity contribution < 1.29 is 9.59 Å². The molecule has 0 unspecified atom stereocenters. The number of nitrogens with one attached hydrogen (secondary N) is 1. The van der Waals surface area contributed by atoms with Crippen LogP contribution in [0.4, 0.5) is 5.69 Å². The van der Waals surface area contributed by atoms with E-state index in [1.807, 2.05) is 44.2 Å². The summed E-state index contributed by atoms with van der Waals surface area (Å²) >= 11 is 1.27. The zero-order valence-electron chi connectivity index (χ0n) is 12.6. The number of hydrogen-bond acceptors (Lipinski definition) is 3. The molecule has 22 heavy (non-hydrogen) atoms. The number of primary amides is 1. The van der Waals surface area contributed by atoms with Crippen molar-refractivity contribution in [2.75, 3.05) is 11.1 Å². The molecular weight excluding hydrogens is 296 g/mol. The van der Waals surface area contributed by atoms with E-state index in [4.69, 9.17) is 5.73 Å². The molecule has 0 aliphatic heterocycles. The standard InChI is InChI=1S/C17H18N2O2S/c1-11-6-5-8-14(12(11)2)19-17(21)13-7-3-4-9-15(13)22-10-16(18)20/h3-9H,10H2,1-2H3,(H2,18,20)(H,19,21). The number of thioether (sulfide) groups is 1. The number of carbonyl (C=O) groups is 2. The van der Waals surface area contributed by atoms with Crippen molar-refractivity contribution in [2.45, 2.75) is 18.7 Å². The average molecular weight is 314 g/mol. The molecule has 0 spiro atoms. The van der Waals surface area contributed by atoms with E-state index in [-0.39, 0.29) is 11.7 Å². The summed E-state index contributed by atoms with van der Waals surface area (Å²) in [4.78, 5) is 24.2. The predicted molar refractivity (Wildman–Crippen MR) is 90.2 cm³/mol. The molecule has 0 heterocycles. The van der Waals surface area contributed by atoms with Crippen LogP contribution >= 0.6 is 11.8 Å². The largest absolute Gasteiger partial charge is 0.369 e. The summed E-state index contributed by atoms with van der Waals surface area (Å²) < 4.78 is 0. The van der Waals surface area contributed by atoms with Gasteiger partial charge >= 0.3 is 0 Å². The second kappa shape index (κ2) is 7.13. The highest BCUT2D eigenvalue weighted by Gasteiger charge is 2.13. The van der Waals surface area contributed by atoms with Crippen molar-refractivity contribution in [3.8, 4) is 0 Å². The van der Waals surface area contributed by atoms with Crippen molar-refractivity contribution in [1.82, 2.24) is 0 Å². The highest BCUT2D eigenvalue weighted by atomic mass is 32.2. The number of aryl methyl sites for hydroxylation is 1. The van der Waals surface area contributed by atoms with E-state index in [1.165, 1.54) is 11.8 Å². The maximum atomic E-state index is 12.5. The molecule has 114 valence electrons. The molecule has 3 N–H and O–H groups in total. The topological polar surface area (TPSA) is 72.2 Å². The van der Waals surface area contributed by atoms with E-state index >= 15 is 0 Å². The Morgan fingerprint density at radius 3 is 2.55 bits per heavy atom. The third-order valence-corrected chi connectivity index (χ3v) is 4.45. The van der Waals surface area contributed by atoms with Crippen molar-refractivity contribution in [1.29, 1.82) is 0 Å². The lowest BCUT2D eigenvalue weighted by molar-refractivity contribution is -0.115. The summed E-state index contributed by atoms with van der Waals surface area (Å²) in [5, 5.41) is 2.93. The zero-order valence-corrected chi connectivity index (χ0v) is 13.4. The molecule has 0 radical (unpaired) electrons. The normalized spacial score (nSPS) is 10.3. The van der Waals surface area contributed by atoms with E-state index in [0.29, 0.717) is 5.56 Å². The minimum Gasteiger partial charge on any atom is -0.369 e. The van der Waals surface area contributed by atoms with Crippen molar-refractivity contribution in [3.63, 3.8) is 0 Å². The van der Waals surface area contributed by atoms with Gasteiger partial charge in [-0.05, 0) is 43.2 Å². The van der Waals surface area contributed by atoms with Gasteiger partial charge in [-0.3, -0.25) is 9.59 Å². The first-order valence-corrected chi connectivity index (χ1v) is 7.85. The van der Waals surface area contributed by atoms with Crippen molar-refractivity contribution in [3.05, 3.63) is 59.2 Å². The lowest BCUT2D eigenvalue weighted by atomic mass is 10.1. The van der Waals surface area contributed by atoms with Crippen LogP contribution in [-0.2, 0) is 4.79 Å². The number of carbonyl (C=O) groups excluding carboxylic acids is 2. The molecule has 2 rings (SSSR count). The van der Waals surface area contributed by atoms with Gasteiger partial charge in [0.05, 0.1) is 11.3 Å². The summed E-state index contributed by atoms with van der Waals surface area (Å²) in [6.45, 7) is 3.97. The smallest absolute Gasteiger partial charge is 0.256 e. The Morgan fingerprint density at radius 1 is 1.09 bits per heavy atom. The van der Waals surface area contributed by atoms with Gasteiger partial charge in [0.2, 0.25) is 5.91 Å². The molecule has 0 bridgehead atoms. The summed E-state index contributed by atoms with van der Waals surface area (Å²) in [7, 11) is 0. The molecule has 0 fully saturated rings. The van der Waals surface area contributed by atoms with Gasteiger partial charge in [0, 0.05) is 10.6 Å². The minimum atomic E-state index is -0.408. The summed E-state index contributed by atoms with van der Waals surface area (Å²) in [6.07, 6.45) is 0. The first kappa shape index (κ1) is 16.1. The molecule has 0 aliphatic carbocycles. The second-order valence-corrected chi connectivity index (χ2v) is 5.97. The van der Waals surface area contributed by atoms with Crippen LogP contribution in [-0.4, -0.2) is 17.6 Å². The highest BCUT2D eigenvalue weighted by molar-refractivity contribution is 8.00. The third kappa shape index (κ3) is 3.89. The second-order valence-electron chi connectivity index (χ2n) is 4.95. The average Bonchev–Trinajstić information content (AvgIpc) is 2.50. The van der Waals surface area contributed by atoms with Crippen LogP contribution in [0.5, 0.6) is 0 Å². The van der Waals surface area contributed by atoms with Crippen LogP contribution in [0.2, 0.25) is 0 Å². The molecule has 0 atom stereocenters. The number of anilines is 1. The summed E-state index contributed by atoms with van der Waals surface area (Å²) in [5.41, 5.74) is 8.65. The van der Waals surface area contributed by atoms with Crippen LogP contribution < -0.4 is 11.1 Å². The Hall–Kier alpha value is -2.27. The molecule has 0 saturated heterocycles. The van der Waals surface area contributed by atoms with Crippen LogP contribution in [0.1, 0.15) is 21.5 Å². The Morgan fingerprint density at radius 2 is 1.82 bits per heavy atom. The molecule has 0 aromatic heterocycles. The zero-order chi connectivity index (χ0) is 16.1. The van der Waals surface area contributed by atoms with Crippen LogP contribution in [0.15, 0.2) is 47.4 Å². The molecular formula is C17H18N2O2S. The van der Waals surface area contributed by atoms with E-state index in [9.17, 15) is 9.59 Å². The van der Waals surface area contributed by atoms with E-state index < -0.39 is 5.91 Å². The SMILES string of the molecule is Cc1cccc(NC(=O)c2ccccc2SCC(N)=O)c1C. The van der Waals surface area contributed by atoms with Gasteiger partial charge in [-0.15, -0.1) is 11.8 Å². The molecule has 4 nitrogen and oxygen atoms in total. The molecule has 2 aromatic rings. The molecule has 5 heteroatoms. The van der Waals surface area contributed by atoms with Gasteiger partial charge in [-0.2, -0.15) is 0 Å². The molecule has 0 aliphatic rings. The van der Waals surface area contributed by atoms with E-state index in [2.05, 4.69) is 5.32 Å². The number of nitrogens with two attached hydrogens (primary N) is 1. The van der Waals surface area contributed by atoms with Crippen molar-refractivity contribution in [2.24, 2.45) is 5.73 Å². The van der Waals surface area contributed by atoms with Gasteiger partial charge in [-0.1, -0.05) is 24.3 Å². The summed E-state index contributed by atoms with van der Waals surface area (Å²) in [5.74, 6) is -0.454. The monoisotopic (exact) mass is 314 g/mol. The first-order valence-electron chi connectivity index (χ1n) is 6.86. The quantitative estimate of drug-likeness (QED) is 0.833. The van der Waals surface area contributed by atoms with E-state index in [1.54, 1.807) is 12.1 Å². The maximum Gasteiger partial charge on any atom is 0.256 e. The Balaban J connectivity index is 2.22. The first-order chi connectivity index (χ1) is 10.5. The van der Waals surface area contributed by atoms with Crippen LogP contribution in [0, 0.1) is 13.8 Å². The lowest BCUT2D eigenvalue weighted by Gasteiger charge is -2.12. The fourth-order valence-electron chi connectivity index (χ4n) is 2.01. The number of rotatable bonds is 5. The molecule has 2 aromatic carbocycles. The number of amides is 2. The van der Waals surface area contributed by atoms with Crippen LogP contribution in [0.3, 0.4) is 0 Å². The van der Waals surface area contributed by atoms with Gasteiger partial charge in [0.15, 0.2) is 0 Å². The molecule has 0 saturated carbocycles. The van der Waals surface area contributed by atoms with Gasteiger partial charge in [0.25, 0.3) is 5.91 Å². The minimum absolute atomic E-state index is 0.147. The van der Waals surface area contributed by atoms with Gasteiger partial charge in [-0.25, -0.2) is 0 Å². The fourth-order valence-corrected chi connectivity index (χ4v) is 2.79. The Labute approximate surface area is 134 Å². The fraction of sp³-hybridized carbons (Fsp3) is 0.176. The number of benzene rings is 2. The summed E-state index contributed by atoms with van der Waals surface area (Å²) in [6, 6.07) is 13.0. The van der Waals surface area contributed by atoms with Gasteiger partial charge < -0.3 is 11.1 Å². The van der Waals surface area contributed by atoms with E-state index in [0.717, 1.165) is 21.7 Å². The Kier molecular flexibility index (Phi) is 5.22.